The lowest BCUT2D eigenvalue weighted by atomic mass is 9.74. The molecule has 1 saturated carbocycles. The molecule has 136 valence electrons. The first-order chi connectivity index (χ1) is 12.0. The fraction of sp³-hybridized carbons (Fsp3) is 0.583. The Hall–Kier alpha value is -1.50. The Morgan fingerprint density at radius 1 is 1.28 bits per heavy atom. The van der Waals surface area contributed by atoms with E-state index in [0.717, 1.165) is 24.3 Å². The van der Waals surface area contributed by atoms with Crippen molar-refractivity contribution < 1.29 is 5.11 Å². The molecule has 25 heavy (non-hydrogen) atoms. The molecule has 3 rings (SSSR count). The van der Waals surface area contributed by atoms with Gasteiger partial charge in [0.2, 0.25) is 0 Å². The fourth-order valence-corrected chi connectivity index (χ4v) is 4.63. The lowest BCUT2D eigenvalue weighted by molar-refractivity contribution is 0.436. The number of phenols is 1. The molecule has 1 N–H and O–H groups in total. The maximum Gasteiger partial charge on any atom is 0.119 e. The first-order valence-corrected chi connectivity index (χ1v) is 10.2. The molecule has 0 amide bonds. The van der Waals surface area contributed by atoms with E-state index in [1.54, 1.807) is 0 Å². The van der Waals surface area contributed by atoms with Crippen LogP contribution in [0.5, 0.6) is 5.75 Å². The number of phenolic OH excluding ortho intramolecular Hbond substituents is 1. The van der Waals surface area contributed by atoms with Crippen molar-refractivity contribution in [3.63, 3.8) is 0 Å². The van der Waals surface area contributed by atoms with Gasteiger partial charge in [-0.2, -0.15) is 0 Å². The molecule has 1 aromatic carbocycles. The molecule has 2 aliphatic rings. The summed E-state index contributed by atoms with van der Waals surface area (Å²) in [5, 5.41) is 10.7. The fourth-order valence-electron chi connectivity index (χ4n) is 4.63. The molecule has 0 spiro atoms. The van der Waals surface area contributed by atoms with Crippen molar-refractivity contribution >= 4 is 0 Å². The summed E-state index contributed by atoms with van der Waals surface area (Å²) in [4.78, 5) is 0. The maximum atomic E-state index is 10.7. The third kappa shape index (κ3) is 4.19. The molecule has 2 aliphatic carbocycles. The number of hydrogen-bond acceptors (Lipinski definition) is 1. The number of benzene rings is 1. The molecule has 0 saturated heterocycles. The monoisotopic (exact) mass is 338 g/mol. The molecule has 1 heteroatoms. The molecule has 0 radical (unpaired) electrons. The van der Waals surface area contributed by atoms with E-state index >= 15 is 0 Å². The minimum Gasteiger partial charge on any atom is -0.508 e. The van der Waals surface area contributed by atoms with Gasteiger partial charge in [-0.1, -0.05) is 62.1 Å². The minimum absolute atomic E-state index is 0.278. The zero-order valence-electron chi connectivity index (χ0n) is 16.2. The van der Waals surface area contributed by atoms with E-state index in [4.69, 9.17) is 0 Å². The second kappa shape index (κ2) is 7.81. The SMILES string of the molecule is C=C(C)C1CCC(C)=CC1c1ccc(C2CC2CCCCC)cc1O. The van der Waals surface area contributed by atoms with Crippen LogP contribution in [-0.4, -0.2) is 5.11 Å². The van der Waals surface area contributed by atoms with Crippen LogP contribution in [0.1, 0.15) is 88.7 Å². The minimum atomic E-state index is 0.278. The maximum absolute atomic E-state index is 10.7. The van der Waals surface area contributed by atoms with Crippen molar-refractivity contribution in [2.45, 2.75) is 77.6 Å². The first kappa shape index (κ1) is 18.3. The van der Waals surface area contributed by atoms with Gasteiger partial charge in [-0.3, -0.25) is 0 Å². The largest absolute Gasteiger partial charge is 0.508 e. The van der Waals surface area contributed by atoms with Gasteiger partial charge < -0.3 is 5.11 Å². The summed E-state index contributed by atoms with van der Waals surface area (Å²) >= 11 is 0. The van der Waals surface area contributed by atoms with Gasteiger partial charge >= 0.3 is 0 Å². The molecule has 0 aliphatic heterocycles. The lowest BCUT2D eigenvalue weighted by Crippen LogP contribution is -2.17. The van der Waals surface area contributed by atoms with E-state index in [9.17, 15) is 5.11 Å². The Bertz CT molecular complexity index is 654. The highest BCUT2D eigenvalue weighted by Crippen LogP contribution is 2.52. The number of unbranched alkanes of at least 4 members (excludes halogenated alkanes) is 2. The van der Waals surface area contributed by atoms with Gasteiger partial charge in [-0.05, 0) is 68.9 Å². The first-order valence-electron chi connectivity index (χ1n) is 10.2. The highest BCUT2D eigenvalue weighted by Gasteiger charge is 2.38. The Morgan fingerprint density at radius 3 is 2.76 bits per heavy atom. The van der Waals surface area contributed by atoms with Crippen LogP contribution in [0.2, 0.25) is 0 Å². The van der Waals surface area contributed by atoms with E-state index in [1.165, 1.54) is 48.8 Å². The van der Waals surface area contributed by atoms with E-state index in [1.807, 2.05) is 6.07 Å². The van der Waals surface area contributed by atoms with Crippen LogP contribution in [0.15, 0.2) is 42.0 Å². The van der Waals surface area contributed by atoms with Crippen LogP contribution >= 0.6 is 0 Å². The number of rotatable bonds is 7. The Kier molecular flexibility index (Phi) is 5.71. The van der Waals surface area contributed by atoms with Gasteiger partial charge in [0, 0.05) is 11.5 Å². The van der Waals surface area contributed by atoms with E-state index in [2.05, 4.69) is 45.6 Å². The quantitative estimate of drug-likeness (QED) is 0.415. The van der Waals surface area contributed by atoms with Gasteiger partial charge in [0.05, 0.1) is 0 Å². The van der Waals surface area contributed by atoms with Gasteiger partial charge in [0.25, 0.3) is 0 Å². The Labute approximate surface area is 153 Å². The highest BCUT2D eigenvalue weighted by atomic mass is 16.3. The number of hydrogen-bond donors (Lipinski definition) is 1. The summed E-state index contributed by atoms with van der Waals surface area (Å²) in [6.07, 6.45) is 11.3. The predicted molar refractivity (Wildman–Crippen MR) is 107 cm³/mol. The van der Waals surface area contributed by atoms with Gasteiger partial charge in [0.15, 0.2) is 0 Å². The van der Waals surface area contributed by atoms with Crippen molar-refractivity contribution in [1.82, 2.24) is 0 Å². The normalized spacial score (nSPS) is 28.5. The van der Waals surface area contributed by atoms with Crippen LogP contribution < -0.4 is 0 Å². The summed E-state index contributed by atoms with van der Waals surface area (Å²) in [6.45, 7) is 10.8. The molecule has 4 unspecified atom stereocenters. The summed E-state index contributed by atoms with van der Waals surface area (Å²) in [5.74, 6) is 2.73. The molecule has 0 heterocycles. The van der Waals surface area contributed by atoms with Crippen LogP contribution in [-0.2, 0) is 0 Å². The number of allylic oxidation sites excluding steroid dienone is 3. The van der Waals surface area contributed by atoms with Crippen LogP contribution in [0, 0.1) is 11.8 Å². The standard InChI is InChI=1S/C24H34O/c1-5-6-7-8-18-14-22(18)19-10-12-21(24(25)15-19)23-13-17(4)9-11-20(23)16(2)3/h10,12-13,15,18,20,22-23,25H,2,5-9,11,14H2,1,3-4H3. The predicted octanol–water partition coefficient (Wildman–Crippen LogP) is 7.09. The number of aromatic hydroxyl groups is 1. The van der Waals surface area contributed by atoms with E-state index in [-0.39, 0.29) is 5.92 Å². The molecule has 4 atom stereocenters. The van der Waals surface area contributed by atoms with Crippen LogP contribution in [0.25, 0.3) is 0 Å². The van der Waals surface area contributed by atoms with Gasteiger partial charge in [-0.25, -0.2) is 0 Å². The topological polar surface area (TPSA) is 20.2 Å². The van der Waals surface area contributed by atoms with Crippen molar-refractivity contribution in [1.29, 1.82) is 0 Å². The van der Waals surface area contributed by atoms with Gasteiger partial charge in [-0.15, -0.1) is 0 Å². The summed E-state index contributed by atoms with van der Waals surface area (Å²) in [5.41, 5.74) is 5.09. The molecular weight excluding hydrogens is 304 g/mol. The van der Waals surface area contributed by atoms with E-state index in [0.29, 0.717) is 17.6 Å². The van der Waals surface area contributed by atoms with Crippen molar-refractivity contribution in [3.8, 4) is 5.75 Å². The van der Waals surface area contributed by atoms with Crippen molar-refractivity contribution in [2.24, 2.45) is 11.8 Å². The van der Waals surface area contributed by atoms with Crippen molar-refractivity contribution in [3.05, 3.63) is 53.1 Å². The average Bonchev–Trinajstić information content (AvgIpc) is 3.34. The third-order valence-electron chi connectivity index (χ3n) is 6.32. The third-order valence-corrected chi connectivity index (χ3v) is 6.32. The molecule has 1 nitrogen and oxygen atoms in total. The Balaban J connectivity index is 1.74. The zero-order valence-corrected chi connectivity index (χ0v) is 16.2. The lowest BCUT2D eigenvalue weighted by Gasteiger charge is -2.31. The summed E-state index contributed by atoms with van der Waals surface area (Å²) < 4.78 is 0. The van der Waals surface area contributed by atoms with Gasteiger partial charge in [0.1, 0.15) is 5.75 Å². The smallest absolute Gasteiger partial charge is 0.119 e. The zero-order chi connectivity index (χ0) is 18.0. The molecule has 1 fully saturated rings. The molecule has 0 aromatic heterocycles. The van der Waals surface area contributed by atoms with E-state index < -0.39 is 0 Å². The molecule has 1 aromatic rings. The summed E-state index contributed by atoms with van der Waals surface area (Å²) in [6, 6.07) is 6.50. The second-order valence-corrected chi connectivity index (χ2v) is 8.45. The molecule has 0 bridgehead atoms. The average molecular weight is 339 g/mol. The van der Waals surface area contributed by atoms with Crippen LogP contribution in [0.3, 0.4) is 0 Å². The highest BCUT2D eigenvalue weighted by molar-refractivity contribution is 5.45. The molecular formula is C24H34O. The Morgan fingerprint density at radius 2 is 2.08 bits per heavy atom. The van der Waals surface area contributed by atoms with Crippen LogP contribution in [0.4, 0.5) is 0 Å². The summed E-state index contributed by atoms with van der Waals surface area (Å²) in [7, 11) is 0. The van der Waals surface area contributed by atoms with Crippen molar-refractivity contribution in [2.75, 3.05) is 0 Å². The second-order valence-electron chi connectivity index (χ2n) is 8.45.